The molecule has 114 valence electrons. The Balaban J connectivity index is 2.09. The molecule has 1 heterocycles. The molecule has 4 nitrogen and oxygen atoms in total. The number of benzene rings is 2. The lowest BCUT2D eigenvalue weighted by molar-refractivity contribution is 0.476. The van der Waals surface area contributed by atoms with Crippen molar-refractivity contribution in [3.8, 4) is 17.1 Å². The molecule has 0 saturated carbocycles. The molecule has 1 aromatic heterocycles. The molecular formula is C18H21N3O. The van der Waals surface area contributed by atoms with Gasteiger partial charge < -0.3 is 14.6 Å². The average molecular weight is 295 g/mol. The second kappa shape index (κ2) is 5.72. The number of imidazole rings is 1. The summed E-state index contributed by atoms with van der Waals surface area (Å²) < 4.78 is 2.02. The van der Waals surface area contributed by atoms with Gasteiger partial charge in [-0.2, -0.15) is 0 Å². The first-order chi connectivity index (χ1) is 10.7. The number of para-hydroxylation sites is 2. The molecule has 0 atom stereocenters. The fraction of sp³-hybridized carbons (Fsp3) is 0.278. The van der Waals surface area contributed by atoms with Gasteiger partial charge in [-0.05, 0) is 38.1 Å². The van der Waals surface area contributed by atoms with Gasteiger partial charge in [-0.1, -0.05) is 12.1 Å². The highest BCUT2D eigenvalue weighted by atomic mass is 16.3. The van der Waals surface area contributed by atoms with Gasteiger partial charge in [-0.3, -0.25) is 0 Å². The molecule has 0 unspecified atom stereocenters. The third kappa shape index (κ3) is 2.30. The SMILES string of the molecule is CCN(CC)c1ccc(-c2nc3ccccc3n2C)c(O)c1. The highest BCUT2D eigenvalue weighted by Crippen LogP contribution is 2.33. The van der Waals surface area contributed by atoms with Crippen molar-refractivity contribution in [3.63, 3.8) is 0 Å². The molecule has 22 heavy (non-hydrogen) atoms. The summed E-state index contributed by atoms with van der Waals surface area (Å²) in [6.45, 7) is 6.06. The van der Waals surface area contributed by atoms with Crippen LogP contribution in [-0.4, -0.2) is 27.7 Å². The zero-order chi connectivity index (χ0) is 15.7. The predicted molar refractivity (Wildman–Crippen MR) is 91.4 cm³/mol. The van der Waals surface area contributed by atoms with Crippen LogP contribution in [-0.2, 0) is 7.05 Å². The van der Waals surface area contributed by atoms with E-state index in [1.165, 1.54) is 0 Å². The van der Waals surface area contributed by atoms with Crippen LogP contribution >= 0.6 is 0 Å². The van der Waals surface area contributed by atoms with Gasteiger partial charge in [0, 0.05) is 31.9 Å². The predicted octanol–water partition coefficient (Wildman–Crippen LogP) is 3.79. The van der Waals surface area contributed by atoms with Crippen molar-refractivity contribution < 1.29 is 5.11 Å². The number of aromatic nitrogens is 2. The molecule has 0 saturated heterocycles. The van der Waals surface area contributed by atoms with Crippen molar-refractivity contribution in [2.45, 2.75) is 13.8 Å². The van der Waals surface area contributed by atoms with Gasteiger partial charge in [0.1, 0.15) is 11.6 Å². The Morgan fingerprint density at radius 3 is 2.45 bits per heavy atom. The van der Waals surface area contributed by atoms with E-state index >= 15 is 0 Å². The summed E-state index contributed by atoms with van der Waals surface area (Å²) in [5, 5.41) is 10.5. The van der Waals surface area contributed by atoms with Crippen LogP contribution < -0.4 is 4.90 Å². The summed E-state index contributed by atoms with van der Waals surface area (Å²) in [5.41, 5.74) is 3.79. The lowest BCUT2D eigenvalue weighted by atomic mass is 10.1. The van der Waals surface area contributed by atoms with E-state index < -0.39 is 0 Å². The summed E-state index contributed by atoms with van der Waals surface area (Å²) in [5.74, 6) is 1.05. The fourth-order valence-corrected chi connectivity index (χ4v) is 2.88. The first kappa shape index (κ1) is 14.4. The van der Waals surface area contributed by atoms with Crippen LogP contribution in [0.25, 0.3) is 22.4 Å². The monoisotopic (exact) mass is 295 g/mol. The average Bonchev–Trinajstić information content (AvgIpc) is 2.86. The van der Waals surface area contributed by atoms with Gasteiger partial charge in [0.2, 0.25) is 0 Å². The van der Waals surface area contributed by atoms with Crippen LogP contribution in [0.5, 0.6) is 5.75 Å². The molecular weight excluding hydrogens is 274 g/mol. The quantitative estimate of drug-likeness (QED) is 0.796. The van der Waals surface area contributed by atoms with Crippen molar-refractivity contribution in [2.24, 2.45) is 7.05 Å². The largest absolute Gasteiger partial charge is 0.507 e. The minimum atomic E-state index is 0.266. The summed E-state index contributed by atoms with van der Waals surface area (Å²) in [7, 11) is 1.97. The number of hydrogen-bond donors (Lipinski definition) is 1. The summed E-state index contributed by atoms with van der Waals surface area (Å²) in [4.78, 5) is 6.85. The van der Waals surface area contributed by atoms with Crippen LogP contribution in [0.2, 0.25) is 0 Å². The molecule has 2 aromatic carbocycles. The van der Waals surface area contributed by atoms with Crippen LogP contribution in [0.1, 0.15) is 13.8 Å². The van der Waals surface area contributed by atoms with Crippen molar-refractivity contribution in [1.82, 2.24) is 9.55 Å². The minimum absolute atomic E-state index is 0.266. The van der Waals surface area contributed by atoms with Gasteiger partial charge in [-0.15, -0.1) is 0 Å². The Labute approximate surface area is 130 Å². The number of nitrogens with zero attached hydrogens (tertiary/aromatic N) is 3. The Hall–Kier alpha value is -2.49. The molecule has 0 aliphatic heterocycles. The number of hydrogen-bond acceptors (Lipinski definition) is 3. The van der Waals surface area contributed by atoms with Crippen LogP contribution in [0.4, 0.5) is 5.69 Å². The molecule has 0 aliphatic rings. The van der Waals surface area contributed by atoms with Gasteiger partial charge in [0.25, 0.3) is 0 Å². The molecule has 4 heteroatoms. The lowest BCUT2D eigenvalue weighted by Gasteiger charge is -2.21. The number of fused-ring (bicyclic) bond motifs is 1. The summed E-state index contributed by atoms with van der Waals surface area (Å²) in [6, 6.07) is 13.8. The van der Waals surface area contributed by atoms with Gasteiger partial charge in [0.05, 0.1) is 16.6 Å². The van der Waals surface area contributed by atoms with Crippen LogP contribution in [0.3, 0.4) is 0 Å². The number of rotatable bonds is 4. The Bertz CT molecular complexity index is 803. The van der Waals surface area contributed by atoms with E-state index in [0.29, 0.717) is 0 Å². The normalized spacial score (nSPS) is 11.0. The van der Waals surface area contributed by atoms with E-state index in [4.69, 9.17) is 0 Å². The minimum Gasteiger partial charge on any atom is -0.507 e. The van der Waals surface area contributed by atoms with E-state index in [-0.39, 0.29) is 5.75 Å². The van der Waals surface area contributed by atoms with Crippen molar-refractivity contribution >= 4 is 16.7 Å². The smallest absolute Gasteiger partial charge is 0.144 e. The Morgan fingerprint density at radius 2 is 1.82 bits per heavy atom. The van der Waals surface area contributed by atoms with Gasteiger partial charge in [-0.25, -0.2) is 4.98 Å². The number of aryl methyl sites for hydroxylation is 1. The molecule has 0 fully saturated rings. The molecule has 0 aliphatic carbocycles. The third-order valence-corrected chi connectivity index (χ3v) is 4.14. The zero-order valence-corrected chi connectivity index (χ0v) is 13.2. The third-order valence-electron chi connectivity index (χ3n) is 4.14. The van der Waals surface area contributed by atoms with E-state index in [0.717, 1.165) is 41.2 Å². The first-order valence-electron chi connectivity index (χ1n) is 7.65. The molecule has 0 spiro atoms. The maximum atomic E-state index is 10.5. The second-order valence-electron chi connectivity index (χ2n) is 5.36. The van der Waals surface area contributed by atoms with E-state index in [1.807, 2.05) is 54.1 Å². The maximum absolute atomic E-state index is 10.5. The van der Waals surface area contributed by atoms with Crippen molar-refractivity contribution in [2.75, 3.05) is 18.0 Å². The Morgan fingerprint density at radius 1 is 1.09 bits per heavy atom. The van der Waals surface area contributed by atoms with Gasteiger partial charge >= 0.3 is 0 Å². The highest BCUT2D eigenvalue weighted by Gasteiger charge is 2.14. The molecule has 1 N–H and O–H groups in total. The lowest BCUT2D eigenvalue weighted by Crippen LogP contribution is -2.21. The van der Waals surface area contributed by atoms with E-state index in [9.17, 15) is 5.11 Å². The highest BCUT2D eigenvalue weighted by molar-refractivity contribution is 5.82. The number of anilines is 1. The van der Waals surface area contributed by atoms with Crippen LogP contribution in [0, 0.1) is 0 Å². The zero-order valence-electron chi connectivity index (χ0n) is 13.2. The second-order valence-corrected chi connectivity index (χ2v) is 5.36. The van der Waals surface area contributed by atoms with Gasteiger partial charge in [0.15, 0.2) is 0 Å². The summed E-state index contributed by atoms with van der Waals surface area (Å²) >= 11 is 0. The summed E-state index contributed by atoms with van der Waals surface area (Å²) in [6.07, 6.45) is 0. The molecule has 0 amide bonds. The van der Waals surface area contributed by atoms with Crippen molar-refractivity contribution in [1.29, 1.82) is 0 Å². The topological polar surface area (TPSA) is 41.3 Å². The number of phenolic OH excluding ortho intramolecular Hbond substituents is 1. The van der Waals surface area contributed by atoms with E-state index in [1.54, 1.807) is 0 Å². The van der Waals surface area contributed by atoms with Crippen LogP contribution in [0.15, 0.2) is 42.5 Å². The fourth-order valence-electron chi connectivity index (χ4n) is 2.88. The Kier molecular flexibility index (Phi) is 3.75. The maximum Gasteiger partial charge on any atom is 0.144 e. The number of aromatic hydroxyl groups is 1. The molecule has 0 bridgehead atoms. The first-order valence-corrected chi connectivity index (χ1v) is 7.65. The molecule has 3 aromatic rings. The van der Waals surface area contributed by atoms with E-state index in [2.05, 4.69) is 23.7 Å². The molecule has 0 radical (unpaired) electrons. The number of phenols is 1. The molecule has 3 rings (SSSR count). The standard InChI is InChI=1S/C18H21N3O/c1-4-21(5-2)13-10-11-14(17(22)12-13)18-19-15-8-6-7-9-16(15)20(18)3/h6-12,22H,4-5H2,1-3H3. The van der Waals surface area contributed by atoms with Crippen molar-refractivity contribution in [3.05, 3.63) is 42.5 Å².